The van der Waals surface area contributed by atoms with Crippen LogP contribution in [-0.4, -0.2) is 24.5 Å². The van der Waals surface area contributed by atoms with Crippen LogP contribution in [0.4, 0.5) is 0 Å². The summed E-state index contributed by atoms with van der Waals surface area (Å²) in [5.41, 5.74) is -0.751. The molecule has 20 heavy (non-hydrogen) atoms. The van der Waals surface area contributed by atoms with Crippen molar-refractivity contribution < 1.29 is 14.3 Å². The molecule has 114 valence electrons. The molecule has 0 atom stereocenters. The first kappa shape index (κ1) is 15.3. The molecule has 0 aromatic carbocycles. The normalized spacial score (nSPS) is 23.1. The van der Waals surface area contributed by atoms with Crippen LogP contribution in [0.2, 0.25) is 0 Å². The molecule has 2 rings (SSSR count). The van der Waals surface area contributed by atoms with Gasteiger partial charge in [-0.25, -0.2) is 4.79 Å². The second-order valence-electron chi connectivity index (χ2n) is 6.39. The largest absolute Gasteiger partial charge is 0.467 e. The summed E-state index contributed by atoms with van der Waals surface area (Å²) in [6, 6.07) is 0. The Hall–Kier alpha value is -1.06. The highest BCUT2D eigenvalue weighted by Crippen LogP contribution is 2.31. The second kappa shape index (κ2) is 7.09. The molecule has 0 spiro atoms. The average molecular weight is 281 g/mol. The number of esters is 1. The molecule has 0 radical (unpaired) electrons. The van der Waals surface area contributed by atoms with Crippen LogP contribution in [0.3, 0.4) is 0 Å². The maximum Gasteiger partial charge on any atom is 0.331 e. The fourth-order valence-electron chi connectivity index (χ4n) is 3.70. The van der Waals surface area contributed by atoms with Crippen molar-refractivity contribution in [1.29, 1.82) is 0 Å². The first-order chi connectivity index (χ1) is 9.66. The zero-order valence-corrected chi connectivity index (χ0v) is 12.6. The van der Waals surface area contributed by atoms with E-state index in [0.717, 1.165) is 44.9 Å². The minimum absolute atomic E-state index is 0.0317. The van der Waals surface area contributed by atoms with Gasteiger partial charge in [-0.1, -0.05) is 38.5 Å². The van der Waals surface area contributed by atoms with Crippen molar-refractivity contribution in [2.24, 2.45) is 5.92 Å². The number of carbonyl (C=O) groups is 2. The predicted octanol–water partition coefficient (Wildman–Crippen LogP) is 2.95. The van der Waals surface area contributed by atoms with Crippen molar-refractivity contribution in [1.82, 2.24) is 5.32 Å². The monoisotopic (exact) mass is 281 g/mol. The van der Waals surface area contributed by atoms with E-state index >= 15 is 0 Å². The van der Waals surface area contributed by atoms with Gasteiger partial charge in [-0.2, -0.15) is 0 Å². The third kappa shape index (κ3) is 3.74. The molecule has 4 nitrogen and oxygen atoms in total. The first-order valence-electron chi connectivity index (χ1n) is 8.06. The maximum atomic E-state index is 12.3. The number of methoxy groups -OCH3 is 1. The van der Waals surface area contributed by atoms with Gasteiger partial charge in [0, 0.05) is 6.42 Å². The zero-order valence-electron chi connectivity index (χ0n) is 12.6. The van der Waals surface area contributed by atoms with Crippen LogP contribution in [0.5, 0.6) is 0 Å². The highest BCUT2D eigenvalue weighted by Gasteiger charge is 2.42. The number of hydrogen-bond acceptors (Lipinski definition) is 3. The van der Waals surface area contributed by atoms with E-state index in [1.807, 2.05) is 0 Å². The molecule has 1 amide bonds. The molecule has 0 bridgehead atoms. The van der Waals surface area contributed by atoms with E-state index < -0.39 is 5.54 Å². The smallest absolute Gasteiger partial charge is 0.331 e. The Kier molecular flexibility index (Phi) is 5.44. The molecule has 0 aromatic heterocycles. The topological polar surface area (TPSA) is 55.4 Å². The number of ether oxygens (including phenoxy) is 1. The average Bonchev–Trinajstić information content (AvgIpc) is 2.48. The summed E-state index contributed by atoms with van der Waals surface area (Å²) in [6.07, 6.45) is 11.2. The summed E-state index contributed by atoms with van der Waals surface area (Å²) in [5, 5.41) is 3.02. The van der Waals surface area contributed by atoms with Gasteiger partial charge in [0.2, 0.25) is 5.91 Å². The number of amides is 1. The van der Waals surface area contributed by atoms with Crippen LogP contribution in [-0.2, 0) is 14.3 Å². The Labute approximate surface area is 121 Å². The van der Waals surface area contributed by atoms with Crippen LogP contribution in [0.1, 0.15) is 70.6 Å². The van der Waals surface area contributed by atoms with E-state index in [1.54, 1.807) is 0 Å². The fraction of sp³-hybridized carbons (Fsp3) is 0.875. The highest BCUT2D eigenvalue weighted by molar-refractivity contribution is 5.88. The Morgan fingerprint density at radius 1 is 1.05 bits per heavy atom. The molecule has 0 aromatic rings. The summed E-state index contributed by atoms with van der Waals surface area (Å²) in [7, 11) is 1.41. The second-order valence-corrected chi connectivity index (χ2v) is 6.39. The van der Waals surface area contributed by atoms with Crippen molar-refractivity contribution >= 4 is 11.9 Å². The minimum atomic E-state index is -0.751. The van der Waals surface area contributed by atoms with Gasteiger partial charge in [0.1, 0.15) is 5.54 Å². The summed E-state index contributed by atoms with van der Waals surface area (Å²) in [4.78, 5) is 24.4. The van der Waals surface area contributed by atoms with E-state index in [-0.39, 0.29) is 11.9 Å². The molecule has 0 aliphatic heterocycles. The van der Waals surface area contributed by atoms with Gasteiger partial charge in [-0.15, -0.1) is 0 Å². The molecule has 0 heterocycles. The lowest BCUT2D eigenvalue weighted by Crippen LogP contribution is -2.56. The van der Waals surface area contributed by atoms with Gasteiger partial charge in [0.25, 0.3) is 0 Å². The lowest BCUT2D eigenvalue weighted by atomic mass is 9.81. The van der Waals surface area contributed by atoms with Crippen molar-refractivity contribution in [2.45, 2.75) is 76.2 Å². The molecule has 2 aliphatic rings. The third-order valence-corrected chi connectivity index (χ3v) is 4.86. The standard InChI is InChI=1S/C16H27NO3/c1-20-15(19)16(10-6-3-7-11-16)17-14(18)12-13-8-4-2-5-9-13/h13H,2-12H2,1H3,(H,17,18). The molecule has 0 unspecified atom stereocenters. The molecule has 2 aliphatic carbocycles. The molecule has 1 N–H and O–H groups in total. The quantitative estimate of drug-likeness (QED) is 0.806. The predicted molar refractivity (Wildman–Crippen MR) is 77.2 cm³/mol. The number of hydrogen-bond donors (Lipinski definition) is 1. The van der Waals surface area contributed by atoms with Gasteiger partial charge in [0.15, 0.2) is 0 Å². The van der Waals surface area contributed by atoms with E-state index in [1.165, 1.54) is 26.4 Å². The summed E-state index contributed by atoms with van der Waals surface area (Å²) in [6.45, 7) is 0. The number of carbonyl (C=O) groups excluding carboxylic acids is 2. The Morgan fingerprint density at radius 3 is 2.25 bits per heavy atom. The lowest BCUT2D eigenvalue weighted by Gasteiger charge is -2.35. The van der Waals surface area contributed by atoms with Crippen LogP contribution in [0.15, 0.2) is 0 Å². The van der Waals surface area contributed by atoms with Crippen LogP contribution in [0.25, 0.3) is 0 Å². The van der Waals surface area contributed by atoms with Crippen molar-refractivity contribution in [3.8, 4) is 0 Å². The van der Waals surface area contributed by atoms with Gasteiger partial charge >= 0.3 is 5.97 Å². The SMILES string of the molecule is COC(=O)C1(NC(=O)CC2CCCCC2)CCCCC1. The third-order valence-electron chi connectivity index (χ3n) is 4.86. The van der Waals surface area contributed by atoms with Gasteiger partial charge in [-0.3, -0.25) is 4.79 Å². The van der Waals surface area contributed by atoms with Gasteiger partial charge in [-0.05, 0) is 31.6 Å². The van der Waals surface area contributed by atoms with Crippen LogP contribution >= 0.6 is 0 Å². The minimum Gasteiger partial charge on any atom is -0.467 e. The molecule has 2 saturated carbocycles. The lowest BCUT2D eigenvalue weighted by molar-refractivity contribution is -0.152. The van der Waals surface area contributed by atoms with Crippen LogP contribution < -0.4 is 5.32 Å². The van der Waals surface area contributed by atoms with Crippen molar-refractivity contribution in [3.05, 3.63) is 0 Å². The molecular formula is C16H27NO3. The van der Waals surface area contributed by atoms with Gasteiger partial charge in [0.05, 0.1) is 7.11 Å². The Balaban J connectivity index is 1.92. The van der Waals surface area contributed by atoms with E-state index in [0.29, 0.717) is 12.3 Å². The highest BCUT2D eigenvalue weighted by atomic mass is 16.5. The Bertz CT molecular complexity index is 342. The fourth-order valence-corrected chi connectivity index (χ4v) is 3.70. The molecule has 2 fully saturated rings. The molecule has 0 saturated heterocycles. The van der Waals surface area contributed by atoms with Gasteiger partial charge < -0.3 is 10.1 Å². The number of nitrogens with one attached hydrogen (secondary N) is 1. The van der Waals surface area contributed by atoms with E-state index in [2.05, 4.69) is 5.32 Å². The van der Waals surface area contributed by atoms with Crippen molar-refractivity contribution in [3.63, 3.8) is 0 Å². The molecular weight excluding hydrogens is 254 g/mol. The van der Waals surface area contributed by atoms with E-state index in [9.17, 15) is 9.59 Å². The van der Waals surface area contributed by atoms with Crippen LogP contribution in [0, 0.1) is 5.92 Å². The Morgan fingerprint density at radius 2 is 1.65 bits per heavy atom. The number of rotatable bonds is 4. The summed E-state index contributed by atoms with van der Waals surface area (Å²) < 4.78 is 4.93. The van der Waals surface area contributed by atoms with E-state index in [4.69, 9.17) is 4.74 Å². The first-order valence-corrected chi connectivity index (χ1v) is 8.06. The zero-order chi connectivity index (χ0) is 14.4. The molecule has 4 heteroatoms. The maximum absolute atomic E-state index is 12.3. The summed E-state index contributed by atoms with van der Waals surface area (Å²) >= 11 is 0. The van der Waals surface area contributed by atoms with Crippen molar-refractivity contribution in [2.75, 3.05) is 7.11 Å². The summed E-state index contributed by atoms with van der Waals surface area (Å²) in [5.74, 6) is 0.264.